The first-order chi connectivity index (χ1) is 7.98. The van der Waals surface area contributed by atoms with Crippen LogP contribution in [-0.4, -0.2) is 5.11 Å². The lowest BCUT2D eigenvalue weighted by molar-refractivity contribution is -0.621. The predicted octanol–water partition coefficient (Wildman–Crippen LogP) is 2.21. The SMILES string of the molecule is CC(C)(O)c1ccc(-c2ccccc2)c[n+]1[O-]. The van der Waals surface area contributed by atoms with E-state index in [0.29, 0.717) is 5.69 Å². The lowest BCUT2D eigenvalue weighted by atomic mass is 10.0. The Morgan fingerprint density at radius 3 is 2.18 bits per heavy atom. The molecular weight excluding hydrogens is 214 g/mol. The molecule has 1 aromatic carbocycles. The van der Waals surface area contributed by atoms with E-state index >= 15 is 0 Å². The van der Waals surface area contributed by atoms with Gasteiger partial charge in [0.25, 0.3) is 0 Å². The van der Waals surface area contributed by atoms with Crippen LogP contribution in [0.15, 0.2) is 48.7 Å². The number of aromatic nitrogens is 1. The molecule has 2 rings (SSSR count). The quantitative estimate of drug-likeness (QED) is 0.634. The Morgan fingerprint density at radius 2 is 1.65 bits per heavy atom. The van der Waals surface area contributed by atoms with E-state index in [-0.39, 0.29) is 0 Å². The van der Waals surface area contributed by atoms with Crippen molar-refractivity contribution in [1.29, 1.82) is 0 Å². The van der Waals surface area contributed by atoms with E-state index in [1.807, 2.05) is 36.4 Å². The molecule has 0 bridgehead atoms. The molecule has 0 saturated carbocycles. The van der Waals surface area contributed by atoms with E-state index in [2.05, 4.69) is 0 Å². The zero-order valence-electron chi connectivity index (χ0n) is 9.92. The highest BCUT2D eigenvalue weighted by Crippen LogP contribution is 2.20. The van der Waals surface area contributed by atoms with Gasteiger partial charge in [-0.1, -0.05) is 30.3 Å². The molecule has 2 aromatic rings. The molecule has 0 aliphatic carbocycles. The smallest absolute Gasteiger partial charge is 0.223 e. The van der Waals surface area contributed by atoms with E-state index in [1.54, 1.807) is 19.9 Å². The molecule has 0 unspecified atom stereocenters. The third-order valence-electron chi connectivity index (χ3n) is 2.65. The van der Waals surface area contributed by atoms with Gasteiger partial charge < -0.3 is 10.3 Å². The molecule has 88 valence electrons. The molecule has 3 heteroatoms. The van der Waals surface area contributed by atoms with Crippen LogP contribution in [0.4, 0.5) is 0 Å². The maximum atomic E-state index is 11.8. The van der Waals surface area contributed by atoms with Crippen LogP contribution < -0.4 is 4.73 Å². The molecule has 1 aromatic heterocycles. The van der Waals surface area contributed by atoms with E-state index in [1.165, 1.54) is 6.20 Å². The van der Waals surface area contributed by atoms with Gasteiger partial charge in [-0.15, -0.1) is 0 Å². The van der Waals surface area contributed by atoms with Crippen molar-refractivity contribution >= 4 is 0 Å². The van der Waals surface area contributed by atoms with Crippen LogP contribution in [0.25, 0.3) is 11.1 Å². The molecule has 1 N–H and O–H groups in total. The minimum Gasteiger partial charge on any atom is -0.618 e. The van der Waals surface area contributed by atoms with Gasteiger partial charge in [0.05, 0.1) is 0 Å². The average molecular weight is 229 g/mol. The first kappa shape index (κ1) is 11.6. The highest BCUT2D eigenvalue weighted by molar-refractivity contribution is 5.61. The lowest BCUT2D eigenvalue weighted by Gasteiger charge is -2.16. The van der Waals surface area contributed by atoms with Gasteiger partial charge in [-0.2, -0.15) is 4.73 Å². The molecule has 0 aliphatic heterocycles. The van der Waals surface area contributed by atoms with Gasteiger partial charge in [-0.25, -0.2) is 0 Å². The Kier molecular flexibility index (Phi) is 2.86. The molecule has 1 heterocycles. The second-order valence-corrected chi connectivity index (χ2v) is 4.55. The Morgan fingerprint density at radius 1 is 1.00 bits per heavy atom. The maximum Gasteiger partial charge on any atom is 0.223 e. The fourth-order valence-electron chi connectivity index (χ4n) is 1.76. The normalized spacial score (nSPS) is 11.5. The maximum absolute atomic E-state index is 11.8. The van der Waals surface area contributed by atoms with Gasteiger partial charge in [0, 0.05) is 11.6 Å². The van der Waals surface area contributed by atoms with Crippen molar-refractivity contribution in [1.82, 2.24) is 0 Å². The summed E-state index contributed by atoms with van der Waals surface area (Å²) in [7, 11) is 0. The number of nitrogens with zero attached hydrogens (tertiary/aromatic N) is 1. The largest absolute Gasteiger partial charge is 0.618 e. The van der Waals surface area contributed by atoms with Gasteiger partial charge >= 0.3 is 0 Å². The summed E-state index contributed by atoms with van der Waals surface area (Å²) in [6.45, 7) is 3.19. The molecule has 17 heavy (non-hydrogen) atoms. The zero-order chi connectivity index (χ0) is 12.5. The minimum atomic E-state index is -1.13. The van der Waals surface area contributed by atoms with Crippen molar-refractivity contribution in [2.75, 3.05) is 0 Å². The Hall–Kier alpha value is -1.87. The second-order valence-electron chi connectivity index (χ2n) is 4.55. The summed E-state index contributed by atoms with van der Waals surface area (Å²) in [5, 5.41) is 21.6. The first-order valence-electron chi connectivity index (χ1n) is 5.50. The van der Waals surface area contributed by atoms with Crippen molar-refractivity contribution in [2.45, 2.75) is 19.4 Å². The summed E-state index contributed by atoms with van der Waals surface area (Å²) in [6, 6.07) is 13.2. The summed E-state index contributed by atoms with van der Waals surface area (Å²) in [4.78, 5) is 0. The van der Waals surface area contributed by atoms with Gasteiger partial charge in [0.15, 0.2) is 6.20 Å². The van der Waals surface area contributed by atoms with Crippen molar-refractivity contribution in [3.8, 4) is 11.1 Å². The Balaban J connectivity index is 2.45. The van der Waals surface area contributed by atoms with Crippen LogP contribution in [0.2, 0.25) is 0 Å². The summed E-state index contributed by atoms with van der Waals surface area (Å²) in [6.07, 6.45) is 1.49. The lowest BCUT2D eigenvalue weighted by Crippen LogP contribution is -2.39. The fourth-order valence-corrected chi connectivity index (χ4v) is 1.76. The molecule has 0 amide bonds. The van der Waals surface area contributed by atoms with Crippen molar-refractivity contribution < 1.29 is 9.84 Å². The fraction of sp³-hybridized carbons (Fsp3) is 0.214. The molecule has 0 radical (unpaired) electrons. The van der Waals surface area contributed by atoms with E-state index in [9.17, 15) is 10.3 Å². The van der Waals surface area contributed by atoms with Crippen molar-refractivity contribution in [2.24, 2.45) is 0 Å². The van der Waals surface area contributed by atoms with Gasteiger partial charge in [-0.05, 0) is 25.5 Å². The molecule has 3 nitrogen and oxygen atoms in total. The molecule has 0 fully saturated rings. The van der Waals surface area contributed by atoms with E-state index < -0.39 is 5.60 Å². The zero-order valence-corrected chi connectivity index (χ0v) is 9.92. The molecule has 0 aliphatic rings. The number of aliphatic hydroxyl groups is 1. The minimum absolute atomic E-state index is 0.345. The van der Waals surface area contributed by atoms with Crippen molar-refractivity contribution in [3.05, 3.63) is 59.6 Å². The Bertz CT molecular complexity index is 515. The standard InChI is InChI=1S/C14H15NO2/c1-14(2,16)13-9-8-12(10-15(13)17)11-6-4-3-5-7-11/h3-10,16H,1-2H3. The number of hydrogen-bond donors (Lipinski definition) is 1. The van der Waals surface area contributed by atoms with Crippen LogP contribution >= 0.6 is 0 Å². The van der Waals surface area contributed by atoms with Crippen LogP contribution in [-0.2, 0) is 5.60 Å². The molecule has 0 saturated heterocycles. The van der Waals surface area contributed by atoms with Crippen LogP contribution in [0, 0.1) is 5.21 Å². The van der Waals surface area contributed by atoms with Gasteiger partial charge in [0.1, 0.15) is 5.60 Å². The summed E-state index contributed by atoms with van der Waals surface area (Å²) >= 11 is 0. The highest BCUT2D eigenvalue weighted by Gasteiger charge is 2.25. The second kappa shape index (κ2) is 4.18. The number of benzene rings is 1. The number of rotatable bonds is 2. The van der Waals surface area contributed by atoms with Crippen LogP contribution in [0.1, 0.15) is 19.5 Å². The summed E-state index contributed by atoms with van der Waals surface area (Å²) in [5.41, 5.74) is 1.04. The monoisotopic (exact) mass is 229 g/mol. The highest BCUT2D eigenvalue weighted by atomic mass is 16.5. The first-order valence-corrected chi connectivity index (χ1v) is 5.50. The third-order valence-corrected chi connectivity index (χ3v) is 2.65. The summed E-state index contributed by atoms with van der Waals surface area (Å²) in [5.74, 6) is 0. The van der Waals surface area contributed by atoms with E-state index in [0.717, 1.165) is 15.9 Å². The molecule has 0 spiro atoms. The topological polar surface area (TPSA) is 47.2 Å². The summed E-state index contributed by atoms with van der Waals surface area (Å²) < 4.78 is 0.725. The molecule has 0 atom stereocenters. The van der Waals surface area contributed by atoms with Crippen LogP contribution in [0.3, 0.4) is 0 Å². The number of pyridine rings is 1. The molecular formula is C14H15NO2. The number of hydrogen-bond acceptors (Lipinski definition) is 2. The van der Waals surface area contributed by atoms with Crippen molar-refractivity contribution in [3.63, 3.8) is 0 Å². The third kappa shape index (κ3) is 2.45. The van der Waals surface area contributed by atoms with Gasteiger partial charge in [0.2, 0.25) is 5.69 Å². The van der Waals surface area contributed by atoms with Crippen LogP contribution in [0.5, 0.6) is 0 Å². The Labute approximate surface area is 101 Å². The average Bonchev–Trinajstić information content (AvgIpc) is 2.28. The van der Waals surface area contributed by atoms with E-state index in [4.69, 9.17) is 0 Å². The van der Waals surface area contributed by atoms with Gasteiger partial charge in [-0.3, -0.25) is 0 Å². The predicted molar refractivity (Wildman–Crippen MR) is 66.1 cm³/mol.